The molecule has 9 nitrogen and oxygen atoms in total. The Labute approximate surface area is 102 Å². The Morgan fingerprint density at radius 3 is 2.94 bits per heavy atom. The lowest BCUT2D eigenvalue weighted by atomic mass is 10.5. The number of methoxy groups -OCH3 is 1. The van der Waals surface area contributed by atoms with Crippen LogP contribution in [0.15, 0.2) is 18.9 Å². The minimum absolute atomic E-state index is 0.447. The van der Waals surface area contributed by atoms with E-state index in [1.807, 2.05) is 0 Å². The van der Waals surface area contributed by atoms with Gasteiger partial charge in [-0.15, -0.1) is 0 Å². The van der Waals surface area contributed by atoms with E-state index in [2.05, 4.69) is 15.0 Å². The number of ether oxygens (including phenoxy) is 2. The van der Waals surface area contributed by atoms with Crippen LogP contribution >= 0.6 is 7.60 Å². The van der Waals surface area contributed by atoms with Gasteiger partial charge in [-0.25, -0.2) is 15.0 Å². The number of hydrogen-bond acceptors (Lipinski definition) is 6. The van der Waals surface area contributed by atoms with Crippen molar-refractivity contribution in [1.82, 2.24) is 19.5 Å². The molecule has 0 saturated carbocycles. The Morgan fingerprint density at radius 2 is 2.28 bits per heavy atom. The summed E-state index contributed by atoms with van der Waals surface area (Å²) in [7, 11) is -2.92. The molecule has 2 aromatic heterocycles. The van der Waals surface area contributed by atoms with Crippen LogP contribution in [0.5, 0.6) is 0 Å². The molecule has 1 atom stereocenters. The fourth-order valence-electron chi connectivity index (χ4n) is 1.36. The lowest BCUT2D eigenvalue weighted by Crippen LogP contribution is -2.15. The number of hydrogen-bond donors (Lipinski definition) is 2. The number of nitrogens with zero attached hydrogens (tertiary/aromatic N) is 4. The fourth-order valence-corrected chi connectivity index (χ4v) is 1.68. The Hall–Kier alpha value is -1.38. The molecule has 2 heterocycles. The van der Waals surface area contributed by atoms with Crippen LogP contribution in [0, 0.1) is 0 Å². The van der Waals surface area contributed by atoms with Crippen LogP contribution in [0.4, 0.5) is 0 Å². The molecule has 1 unspecified atom stereocenters. The molecule has 0 aliphatic heterocycles. The summed E-state index contributed by atoms with van der Waals surface area (Å²) in [4.78, 5) is 29.3. The summed E-state index contributed by atoms with van der Waals surface area (Å²) in [6, 6.07) is 0. The third kappa shape index (κ3) is 2.89. The van der Waals surface area contributed by atoms with E-state index in [1.54, 1.807) is 0 Å². The van der Waals surface area contributed by atoms with E-state index in [-0.39, 0.29) is 0 Å². The molecule has 0 fully saturated rings. The molecule has 2 aromatic rings. The Bertz CT molecular complexity index is 582. The second-order valence-electron chi connectivity index (χ2n) is 3.39. The highest BCUT2D eigenvalue weighted by Gasteiger charge is 2.20. The molecular formula is C8H11N4O5P. The number of imidazole rings is 1. The fraction of sp³-hybridized carbons (Fsp3) is 0.375. The monoisotopic (exact) mass is 274 g/mol. The first-order chi connectivity index (χ1) is 8.51. The SMILES string of the molecule is COC(OCP(=O)(O)O)n1cnc2cncnc21. The molecule has 0 saturated heterocycles. The van der Waals surface area contributed by atoms with E-state index in [0.29, 0.717) is 11.2 Å². The van der Waals surface area contributed by atoms with Crippen molar-refractivity contribution in [2.75, 3.05) is 13.5 Å². The summed E-state index contributed by atoms with van der Waals surface area (Å²) in [5.74, 6) is 0. The van der Waals surface area contributed by atoms with Crippen molar-refractivity contribution in [1.29, 1.82) is 0 Å². The molecule has 18 heavy (non-hydrogen) atoms. The lowest BCUT2D eigenvalue weighted by molar-refractivity contribution is -0.162. The first kappa shape index (κ1) is 13.1. The largest absolute Gasteiger partial charge is 0.351 e. The van der Waals surface area contributed by atoms with Crippen molar-refractivity contribution >= 4 is 18.8 Å². The van der Waals surface area contributed by atoms with Gasteiger partial charge in [0.1, 0.15) is 18.2 Å². The molecule has 0 aliphatic carbocycles. The molecule has 0 spiro atoms. The zero-order chi connectivity index (χ0) is 13.2. The maximum absolute atomic E-state index is 10.7. The summed E-state index contributed by atoms with van der Waals surface area (Å²) in [6.45, 7) is 0. The van der Waals surface area contributed by atoms with Crippen LogP contribution in [0.25, 0.3) is 11.2 Å². The first-order valence-corrected chi connectivity index (χ1v) is 6.62. The van der Waals surface area contributed by atoms with E-state index in [4.69, 9.17) is 19.3 Å². The molecule has 0 amide bonds. The van der Waals surface area contributed by atoms with Crippen molar-refractivity contribution in [3.8, 4) is 0 Å². The lowest BCUT2D eigenvalue weighted by Gasteiger charge is -2.17. The average molecular weight is 274 g/mol. The van der Waals surface area contributed by atoms with Gasteiger partial charge in [-0.05, 0) is 0 Å². The quantitative estimate of drug-likeness (QED) is 0.581. The molecular weight excluding hydrogens is 263 g/mol. The van der Waals surface area contributed by atoms with Gasteiger partial charge in [0, 0.05) is 7.11 Å². The summed E-state index contributed by atoms with van der Waals surface area (Å²) in [5, 5.41) is 0. The van der Waals surface area contributed by atoms with Gasteiger partial charge < -0.3 is 19.3 Å². The van der Waals surface area contributed by atoms with Crippen LogP contribution in [0.3, 0.4) is 0 Å². The highest BCUT2D eigenvalue weighted by molar-refractivity contribution is 7.51. The predicted molar refractivity (Wildman–Crippen MR) is 59.4 cm³/mol. The molecule has 0 bridgehead atoms. The van der Waals surface area contributed by atoms with Gasteiger partial charge in [-0.3, -0.25) is 9.13 Å². The molecule has 0 aliphatic rings. The van der Waals surface area contributed by atoms with Gasteiger partial charge in [0.05, 0.1) is 6.20 Å². The number of fused-ring (bicyclic) bond motifs is 1. The van der Waals surface area contributed by atoms with Gasteiger partial charge in [0.15, 0.2) is 12.0 Å². The van der Waals surface area contributed by atoms with Crippen molar-refractivity contribution in [3.05, 3.63) is 18.9 Å². The maximum atomic E-state index is 10.7. The minimum Gasteiger partial charge on any atom is -0.338 e. The van der Waals surface area contributed by atoms with Gasteiger partial charge in [-0.1, -0.05) is 0 Å². The maximum Gasteiger partial charge on any atom is 0.351 e. The third-order valence-electron chi connectivity index (χ3n) is 2.05. The van der Waals surface area contributed by atoms with Crippen molar-refractivity contribution in [2.45, 2.75) is 6.41 Å². The second kappa shape index (κ2) is 5.09. The normalized spacial score (nSPS) is 13.9. The molecule has 2 N–H and O–H groups in total. The number of aromatic nitrogens is 4. The van der Waals surface area contributed by atoms with Gasteiger partial charge >= 0.3 is 7.60 Å². The molecule has 0 aromatic carbocycles. The average Bonchev–Trinajstić information content (AvgIpc) is 2.73. The summed E-state index contributed by atoms with van der Waals surface area (Å²) < 4.78 is 22.1. The van der Waals surface area contributed by atoms with Crippen molar-refractivity contribution in [2.24, 2.45) is 0 Å². The Morgan fingerprint density at radius 1 is 1.50 bits per heavy atom. The van der Waals surface area contributed by atoms with E-state index < -0.39 is 20.4 Å². The highest BCUT2D eigenvalue weighted by Crippen LogP contribution is 2.35. The predicted octanol–water partition coefficient (Wildman–Crippen LogP) is 0.0806. The van der Waals surface area contributed by atoms with Crippen LogP contribution in [0.1, 0.15) is 6.41 Å². The molecule has 10 heteroatoms. The molecule has 0 radical (unpaired) electrons. The van der Waals surface area contributed by atoms with Crippen LogP contribution < -0.4 is 0 Å². The minimum atomic E-state index is -4.26. The third-order valence-corrected chi connectivity index (χ3v) is 2.54. The standard InChI is InChI=1S/C8H11N4O5P/c1-16-8(17-5-18(13,14)15)12-4-11-6-2-9-3-10-7(6)12/h2-4,8H,5H2,1H3,(H2,13,14,15). The van der Waals surface area contributed by atoms with Gasteiger partial charge in [0.25, 0.3) is 0 Å². The zero-order valence-electron chi connectivity index (χ0n) is 9.37. The topological polar surface area (TPSA) is 120 Å². The summed E-state index contributed by atoms with van der Waals surface area (Å²) in [6.07, 6.45) is 2.46. The summed E-state index contributed by atoms with van der Waals surface area (Å²) in [5.41, 5.74) is 0.974. The van der Waals surface area contributed by atoms with E-state index in [9.17, 15) is 4.57 Å². The summed E-state index contributed by atoms with van der Waals surface area (Å²) >= 11 is 0. The zero-order valence-corrected chi connectivity index (χ0v) is 10.3. The van der Waals surface area contributed by atoms with Crippen LogP contribution in [-0.2, 0) is 14.0 Å². The number of rotatable bonds is 5. The Kier molecular flexibility index (Phi) is 3.69. The second-order valence-corrected chi connectivity index (χ2v) is 4.97. The van der Waals surface area contributed by atoms with Gasteiger partial charge in [-0.2, -0.15) is 0 Å². The van der Waals surface area contributed by atoms with Gasteiger partial charge in [0.2, 0.25) is 6.41 Å². The van der Waals surface area contributed by atoms with Crippen molar-refractivity contribution in [3.63, 3.8) is 0 Å². The smallest absolute Gasteiger partial charge is 0.338 e. The van der Waals surface area contributed by atoms with E-state index in [1.165, 1.54) is 30.5 Å². The van der Waals surface area contributed by atoms with Crippen LogP contribution in [0.2, 0.25) is 0 Å². The van der Waals surface area contributed by atoms with E-state index >= 15 is 0 Å². The first-order valence-electron chi connectivity index (χ1n) is 4.83. The Balaban J connectivity index is 2.24. The van der Waals surface area contributed by atoms with Crippen LogP contribution in [-0.4, -0.2) is 42.8 Å². The van der Waals surface area contributed by atoms with E-state index in [0.717, 1.165) is 0 Å². The van der Waals surface area contributed by atoms with Crippen molar-refractivity contribution < 1.29 is 23.8 Å². The highest BCUT2D eigenvalue weighted by atomic mass is 31.2. The molecule has 98 valence electrons. The molecule has 2 rings (SSSR count).